The number of carbonyl (C=O) groups excluding carboxylic acids is 1. The second kappa shape index (κ2) is 8.13. The van der Waals surface area contributed by atoms with Crippen LogP contribution in [0.15, 0.2) is 30.6 Å². The van der Waals surface area contributed by atoms with Gasteiger partial charge in [0.05, 0.1) is 10.0 Å². The van der Waals surface area contributed by atoms with E-state index in [0.29, 0.717) is 27.2 Å². The second-order valence-corrected chi connectivity index (χ2v) is 5.93. The molecule has 2 rings (SSSR count). The maximum atomic E-state index is 12.3. The largest absolute Gasteiger partial charge is 0.360 e. The van der Waals surface area contributed by atoms with Crippen LogP contribution < -0.4 is 10.2 Å². The Labute approximate surface area is 145 Å². The first-order valence-corrected chi connectivity index (χ1v) is 8.06. The molecule has 0 aliphatic rings. The van der Waals surface area contributed by atoms with Crippen LogP contribution >= 0.6 is 23.2 Å². The Hall–Kier alpha value is -1.85. The van der Waals surface area contributed by atoms with E-state index in [1.807, 2.05) is 11.9 Å². The van der Waals surface area contributed by atoms with Gasteiger partial charge in [-0.2, -0.15) is 0 Å². The van der Waals surface area contributed by atoms with Gasteiger partial charge in [-0.3, -0.25) is 4.79 Å². The van der Waals surface area contributed by atoms with Gasteiger partial charge in [-0.1, -0.05) is 36.5 Å². The molecule has 0 fully saturated rings. The normalized spacial score (nSPS) is 10.4. The summed E-state index contributed by atoms with van der Waals surface area (Å²) in [5.74, 6) is 0.392. The van der Waals surface area contributed by atoms with Crippen LogP contribution in [0.5, 0.6) is 0 Å². The highest BCUT2D eigenvalue weighted by Crippen LogP contribution is 2.25. The number of hydrogen-bond acceptors (Lipinski definition) is 4. The molecule has 1 heterocycles. The molecule has 0 aliphatic heterocycles. The summed E-state index contributed by atoms with van der Waals surface area (Å²) in [6.45, 7) is 3.01. The Morgan fingerprint density at radius 1 is 1.22 bits per heavy atom. The number of unbranched alkanes of at least 4 members (excludes halogenated alkanes) is 1. The summed E-state index contributed by atoms with van der Waals surface area (Å²) in [6, 6.07) is 6.57. The summed E-state index contributed by atoms with van der Waals surface area (Å²) in [4.78, 5) is 22.5. The zero-order valence-electron chi connectivity index (χ0n) is 13.0. The third-order valence-electron chi connectivity index (χ3n) is 3.30. The van der Waals surface area contributed by atoms with E-state index in [-0.39, 0.29) is 5.91 Å². The van der Waals surface area contributed by atoms with E-state index in [4.69, 9.17) is 23.2 Å². The number of halogens is 2. The molecule has 0 radical (unpaired) electrons. The zero-order valence-corrected chi connectivity index (χ0v) is 14.5. The van der Waals surface area contributed by atoms with Crippen LogP contribution in [0, 0.1) is 0 Å². The minimum Gasteiger partial charge on any atom is -0.360 e. The lowest BCUT2D eigenvalue weighted by atomic mass is 10.3. The molecule has 0 aliphatic carbocycles. The van der Waals surface area contributed by atoms with Crippen molar-refractivity contribution in [1.82, 2.24) is 9.97 Å². The SMILES string of the molecule is CCCCN(C)c1cc(C(=O)Nc2ccc(Cl)c(Cl)c2)ncn1. The van der Waals surface area contributed by atoms with Crippen molar-refractivity contribution in [1.29, 1.82) is 0 Å². The number of benzene rings is 1. The number of nitrogens with one attached hydrogen (secondary N) is 1. The summed E-state index contributed by atoms with van der Waals surface area (Å²) in [5.41, 5.74) is 0.855. The molecule has 2 aromatic rings. The van der Waals surface area contributed by atoms with Gasteiger partial charge in [0.1, 0.15) is 17.8 Å². The molecule has 0 saturated heterocycles. The molecule has 23 heavy (non-hydrogen) atoms. The minimum absolute atomic E-state index is 0.296. The minimum atomic E-state index is -0.323. The molecule has 1 aromatic heterocycles. The third kappa shape index (κ3) is 4.81. The molecule has 0 saturated carbocycles. The van der Waals surface area contributed by atoms with E-state index in [1.165, 1.54) is 6.33 Å². The van der Waals surface area contributed by atoms with Gasteiger partial charge in [0.25, 0.3) is 5.91 Å². The molecule has 1 amide bonds. The van der Waals surface area contributed by atoms with E-state index < -0.39 is 0 Å². The quantitative estimate of drug-likeness (QED) is 0.843. The van der Waals surface area contributed by atoms with Crippen LogP contribution in [0.25, 0.3) is 0 Å². The zero-order chi connectivity index (χ0) is 16.8. The first kappa shape index (κ1) is 17.5. The van der Waals surface area contributed by atoms with Crippen LogP contribution in [-0.2, 0) is 0 Å². The number of amides is 1. The number of aromatic nitrogens is 2. The highest BCUT2D eigenvalue weighted by Gasteiger charge is 2.12. The van der Waals surface area contributed by atoms with E-state index in [0.717, 1.165) is 19.4 Å². The summed E-state index contributed by atoms with van der Waals surface area (Å²) in [6.07, 6.45) is 3.55. The third-order valence-corrected chi connectivity index (χ3v) is 4.04. The number of nitrogens with zero attached hydrogens (tertiary/aromatic N) is 3. The standard InChI is InChI=1S/C16H18Cl2N4O/c1-3-4-7-22(2)15-9-14(19-10-20-15)16(23)21-11-5-6-12(17)13(18)8-11/h5-6,8-10H,3-4,7H2,1-2H3,(H,21,23). The second-order valence-electron chi connectivity index (χ2n) is 5.12. The fourth-order valence-electron chi connectivity index (χ4n) is 1.96. The lowest BCUT2D eigenvalue weighted by Gasteiger charge is -2.17. The van der Waals surface area contributed by atoms with E-state index in [9.17, 15) is 4.79 Å². The monoisotopic (exact) mass is 352 g/mol. The summed E-state index contributed by atoms with van der Waals surface area (Å²) in [7, 11) is 1.94. The molecule has 5 nitrogen and oxygen atoms in total. The molecule has 1 N–H and O–H groups in total. The van der Waals surface area contributed by atoms with E-state index in [2.05, 4.69) is 22.2 Å². The van der Waals surface area contributed by atoms with Crippen LogP contribution in [-0.4, -0.2) is 29.5 Å². The van der Waals surface area contributed by atoms with Gasteiger partial charge in [-0.15, -0.1) is 0 Å². The van der Waals surface area contributed by atoms with Crippen LogP contribution in [0.3, 0.4) is 0 Å². The number of anilines is 2. The fraction of sp³-hybridized carbons (Fsp3) is 0.312. The summed E-state index contributed by atoms with van der Waals surface area (Å²) < 4.78 is 0. The van der Waals surface area contributed by atoms with Gasteiger partial charge in [0.2, 0.25) is 0 Å². The van der Waals surface area contributed by atoms with Crippen molar-refractivity contribution in [2.24, 2.45) is 0 Å². The highest BCUT2D eigenvalue weighted by atomic mass is 35.5. The predicted octanol–water partition coefficient (Wildman–Crippen LogP) is 4.27. The van der Waals surface area contributed by atoms with Crippen molar-refractivity contribution in [2.45, 2.75) is 19.8 Å². The molecule has 0 unspecified atom stereocenters. The summed E-state index contributed by atoms with van der Waals surface area (Å²) in [5, 5.41) is 3.56. The topological polar surface area (TPSA) is 58.1 Å². The van der Waals surface area contributed by atoms with E-state index >= 15 is 0 Å². The van der Waals surface area contributed by atoms with E-state index in [1.54, 1.807) is 24.3 Å². The molecule has 0 atom stereocenters. The van der Waals surface area contributed by atoms with Gasteiger partial charge >= 0.3 is 0 Å². The van der Waals surface area contributed by atoms with Gasteiger partial charge in [0, 0.05) is 25.3 Å². The molecule has 7 heteroatoms. The van der Waals surface area contributed by atoms with Crippen molar-refractivity contribution in [3.8, 4) is 0 Å². The number of rotatable bonds is 6. The molecular formula is C16H18Cl2N4O. The Balaban J connectivity index is 2.11. The number of carbonyl (C=O) groups is 1. The van der Waals surface area contributed by atoms with Crippen molar-refractivity contribution in [3.05, 3.63) is 46.3 Å². The lowest BCUT2D eigenvalue weighted by Crippen LogP contribution is -2.21. The van der Waals surface area contributed by atoms with Crippen molar-refractivity contribution < 1.29 is 4.79 Å². The molecule has 0 bridgehead atoms. The Morgan fingerprint density at radius 2 is 2.00 bits per heavy atom. The first-order valence-electron chi connectivity index (χ1n) is 7.31. The predicted molar refractivity (Wildman–Crippen MR) is 94.6 cm³/mol. The molecule has 122 valence electrons. The Morgan fingerprint density at radius 3 is 2.70 bits per heavy atom. The smallest absolute Gasteiger partial charge is 0.274 e. The maximum absolute atomic E-state index is 12.3. The van der Waals surface area contributed by atoms with Gasteiger partial charge < -0.3 is 10.2 Å². The van der Waals surface area contributed by atoms with Gasteiger partial charge in [-0.25, -0.2) is 9.97 Å². The van der Waals surface area contributed by atoms with Crippen LogP contribution in [0.1, 0.15) is 30.3 Å². The average molecular weight is 353 g/mol. The molecular weight excluding hydrogens is 335 g/mol. The maximum Gasteiger partial charge on any atom is 0.274 e. The molecule has 1 aromatic carbocycles. The van der Waals surface area contributed by atoms with Crippen molar-refractivity contribution in [3.63, 3.8) is 0 Å². The number of hydrogen-bond donors (Lipinski definition) is 1. The van der Waals surface area contributed by atoms with Crippen molar-refractivity contribution in [2.75, 3.05) is 23.8 Å². The van der Waals surface area contributed by atoms with Crippen LogP contribution in [0.2, 0.25) is 10.0 Å². The lowest BCUT2D eigenvalue weighted by molar-refractivity contribution is 0.102. The first-order chi connectivity index (χ1) is 11.0. The Kier molecular flexibility index (Phi) is 6.19. The highest BCUT2D eigenvalue weighted by molar-refractivity contribution is 6.42. The van der Waals surface area contributed by atoms with Gasteiger partial charge in [0.15, 0.2) is 0 Å². The molecule has 0 spiro atoms. The van der Waals surface area contributed by atoms with Crippen molar-refractivity contribution >= 4 is 40.6 Å². The summed E-state index contributed by atoms with van der Waals surface area (Å²) >= 11 is 11.8. The van der Waals surface area contributed by atoms with Gasteiger partial charge in [-0.05, 0) is 24.6 Å². The van der Waals surface area contributed by atoms with Crippen LogP contribution in [0.4, 0.5) is 11.5 Å². The average Bonchev–Trinajstić information content (AvgIpc) is 2.56. The Bertz CT molecular complexity index is 694. The fourth-order valence-corrected chi connectivity index (χ4v) is 2.26.